The zero-order valence-electron chi connectivity index (χ0n) is 9.40. The van der Waals surface area contributed by atoms with Crippen molar-refractivity contribution in [2.24, 2.45) is 0 Å². The predicted octanol–water partition coefficient (Wildman–Crippen LogP) is 3.97. The second-order valence-corrected chi connectivity index (χ2v) is 4.09. The van der Waals surface area contributed by atoms with Gasteiger partial charge in [-0.1, -0.05) is 20.8 Å². The molecular weight excluding hydrogens is 160 g/mol. The van der Waals surface area contributed by atoms with Crippen LogP contribution in [0.15, 0.2) is 10.5 Å². The van der Waals surface area contributed by atoms with Crippen LogP contribution in [0.3, 0.4) is 0 Å². The van der Waals surface area contributed by atoms with Crippen molar-refractivity contribution in [2.75, 3.05) is 0 Å². The number of furan rings is 1. The fourth-order valence-electron chi connectivity index (χ4n) is 1.86. The Morgan fingerprint density at radius 3 is 2.08 bits per heavy atom. The van der Waals surface area contributed by atoms with E-state index < -0.39 is 0 Å². The quantitative estimate of drug-likeness (QED) is 0.686. The van der Waals surface area contributed by atoms with E-state index in [1.165, 1.54) is 18.4 Å². The molecule has 0 aliphatic carbocycles. The van der Waals surface area contributed by atoms with Gasteiger partial charge in [0.2, 0.25) is 0 Å². The van der Waals surface area contributed by atoms with Gasteiger partial charge in [-0.05, 0) is 43.7 Å². The van der Waals surface area contributed by atoms with Crippen LogP contribution in [-0.4, -0.2) is 0 Å². The summed E-state index contributed by atoms with van der Waals surface area (Å²) in [4.78, 5) is 0. The van der Waals surface area contributed by atoms with Crippen LogP contribution < -0.4 is 0 Å². The van der Waals surface area contributed by atoms with Gasteiger partial charge in [0.1, 0.15) is 11.5 Å². The van der Waals surface area contributed by atoms with E-state index in [0.29, 0.717) is 5.41 Å². The maximum Gasteiger partial charge on any atom is 0.104 e. The molecule has 0 atom stereocenters. The summed E-state index contributed by atoms with van der Waals surface area (Å²) >= 11 is 0. The van der Waals surface area contributed by atoms with Gasteiger partial charge < -0.3 is 4.42 Å². The van der Waals surface area contributed by atoms with E-state index in [0.717, 1.165) is 11.5 Å². The molecule has 0 amide bonds. The maximum atomic E-state index is 5.56. The van der Waals surface area contributed by atoms with E-state index in [-0.39, 0.29) is 0 Å². The first-order chi connectivity index (χ1) is 6.03. The Balaban J connectivity index is 3.11. The summed E-state index contributed by atoms with van der Waals surface area (Å²) in [5, 5.41) is 0. The lowest BCUT2D eigenvalue weighted by molar-refractivity contribution is 0.421. The molecule has 0 aliphatic rings. The van der Waals surface area contributed by atoms with E-state index in [1.54, 1.807) is 0 Å². The first-order valence-electron chi connectivity index (χ1n) is 5.11. The molecule has 0 saturated carbocycles. The van der Waals surface area contributed by atoms with Crippen molar-refractivity contribution in [2.45, 2.75) is 52.9 Å². The van der Waals surface area contributed by atoms with Gasteiger partial charge in [0, 0.05) is 0 Å². The minimum Gasteiger partial charge on any atom is -0.466 e. The molecule has 1 aromatic heterocycles. The highest BCUT2D eigenvalue weighted by Gasteiger charge is 2.26. The van der Waals surface area contributed by atoms with Crippen molar-refractivity contribution in [1.29, 1.82) is 0 Å². The molecule has 0 spiro atoms. The summed E-state index contributed by atoms with van der Waals surface area (Å²) in [7, 11) is 0. The van der Waals surface area contributed by atoms with Crippen LogP contribution in [0, 0.1) is 13.8 Å². The van der Waals surface area contributed by atoms with E-state index in [9.17, 15) is 0 Å². The lowest BCUT2D eigenvalue weighted by Crippen LogP contribution is -2.19. The van der Waals surface area contributed by atoms with Gasteiger partial charge in [-0.2, -0.15) is 0 Å². The van der Waals surface area contributed by atoms with Crippen molar-refractivity contribution in [3.8, 4) is 0 Å². The summed E-state index contributed by atoms with van der Waals surface area (Å²) in [6.07, 6.45) is 2.34. The summed E-state index contributed by atoms with van der Waals surface area (Å²) in [5.74, 6) is 2.12. The van der Waals surface area contributed by atoms with Crippen LogP contribution in [0.5, 0.6) is 0 Å². The molecule has 0 aromatic carbocycles. The van der Waals surface area contributed by atoms with Crippen LogP contribution in [0.1, 0.15) is 50.7 Å². The standard InChI is InChI=1S/C12H20O/c1-6-12(5,7-2)11-8-9(3)13-10(11)4/h8H,6-7H2,1-5H3. The van der Waals surface area contributed by atoms with E-state index in [2.05, 4.69) is 33.8 Å². The van der Waals surface area contributed by atoms with E-state index >= 15 is 0 Å². The fraction of sp³-hybridized carbons (Fsp3) is 0.667. The second-order valence-electron chi connectivity index (χ2n) is 4.09. The van der Waals surface area contributed by atoms with Crippen molar-refractivity contribution < 1.29 is 4.42 Å². The molecular formula is C12H20O. The highest BCUT2D eigenvalue weighted by atomic mass is 16.3. The Kier molecular flexibility index (Phi) is 2.84. The van der Waals surface area contributed by atoms with Gasteiger partial charge in [-0.3, -0.25) is 0 Å². The minimum atomic E-state index is 0.293. The molecule has 0 aliphatic heterocycles. The van der Waals surface area contributed by atoms with Gasteiger partial charge in [-0.15, -0.1) is 0 Å². The Morgan fingerprint density at radius 2 is 1.77 bits per heavy atom. The molecule has 1 heteroatoms. The molecule has 1 rings (SSSR count). The monoisotopic (exact) mass is 180 g/mol. The number of aryl methyl sites for hydroxylation is 2. The third-order valence-electron chi connectivity index (χ3n) is 3.25. The van der Waals surface area contributed by atoms with Gasteiger partial charge in [0.15, 0.2) is 0 Å². The van der Waals surface area contributed by atoms with Gasteiger partial charge >= 0.3 is 0 Å². The molecule has 1 nitrogen and oxygen atoms in total. The summed E-state index contributed by atoms with van der Waals surface area (Å²) in [6.45, 7) is 10.9. The Bertz CT molecular complexity index is 279. The van der Waals surface area contributed by atoms with Gasteiger partial charge in [0.05, 0.1) is 0 Å². The van der Waals surface area contributed by atoms with Crippen LogP contribution in [-0.2, 0) is 5.41 Å². The summed E-state index contributed by atoms with van der Waals surface area (Å²) < 4.78 is 5.56. The third kappa shape index (κ3) is 1.79. The van der Waals surface area contributed by atoms with Crippen LogP contribution in [0.4, 0.5) is 0 Å². The molecule has 13 heavy (non-hydrogen) atoms. The normalized spacial score (nSPS) is 12.1. The lowest BCUT2D eigenvalue weighted by atomic mass is 9.78. The minimum absolute atomic E-state index is 0.293. The average molecular weight is 180 g/mol. The zero-order valence-corrected chi connectivity index (χ0v) is 9.40. The van der Waals surface area contributed by atoms with E-state index in [4.69, 9.17) is 4.42 Å². The molecule has 0 radical (unpaired) electrons. The topological polar surface area (TPSA) is 13.1 Å². The maximum absolute atomic E-state index is 5.56. The molecule has 0 unspecified atom stereocenters. The Labute approximate surface area is 81.1 Å². The molecule has 1 heterocycles. The smallest absolute Gasteiger partial charge is 0.104 e. The number of rotatable bonds is 3. The van der Waals surface area contributed by atoms with Gasteiger partial charge in [0.25, 0.3) is 0 Å². The van der Waals surface area contributed by atoms with Crippen molar-refractivity contribution in [1.82, 2.24) is 0 Å². The fourth-order valence-corrected chi connectivity index (χ4v) is 1.86. The first-order valence-corrected chi connectivity index (χ1v) is 5.11. The third-order valence-corrected chi connectivity index (χ3v) is 3.25. The molecule has 0 N–H and O–H groups in total. The Hall–Kier alpha value is -0.720. The predicted molar refractivity (Wildman–Crippen MR) is 56.1 cm³/mol. The van der Waals surface area contributed by atoms with Crippen LogP contribution >= 0.6 is 0 Å². The number of hydrogen-bond acceptors (Lipinski definition) is 1. The summed E-state index contributed by atoms with van der Waals surface area (Å²) in [6, 6.07) is 2.18. The first kappa shape index (κ1) is 10.4. The second kappa shape index (κ2) is 3.57. The highest BCUT2D eigenvalue weighted by molar-refractivity contribution is 5.28. The zero-order chi connectivity index (χ0) is 10.1. The van der Waals surface area contributed by atoms with Gasteiger partial charge in [-0.25, -0.2) is 0 Å². The number of hydrogen-bond donors (Lipinski definition) is 0. The molecule has 0 saturated heterocycles. The SMILES string of the molecule is CCC(C)(CC)c1cc(C)oc1C. The van der Waals surface area contributed by atoms with Crippen molar-refractivity contribution in [3.05, 3.63) is 23.2 Å². The van der Waals surface area contributed by atoms with Crippen molar-refractivity contribution in [3.63, 3.8) is 0 Å². The summed E-state index contributed by atoms with van der Waals surface area (Å²) in [5.41, 5.74) is 1.68. The van der Waals surface area contributed by atoms with Crippen molar-refractivity contribution >= 4 is 0 Å². The highest BCUT2D eigenvalue weighted by Crippen LogP contribution is 2.34. The molecule has 74 valence electrons. The van der Waals surface area contributed by atoms with E-state index in [1.807, 2.05) is 6.92 Å². The average Bonchev–Trinajstić information content (AvgIpc) is 2.44. The lowest BCUT2D eigenvalue weighted by Gasteiger charge is -2.26. The van der Waals surface area contributed by atoms with Crippen LogP contribution in [0.25, 0.3) is 0 Å². The molecule has 1 aromatic rings. The largest absolute Gasteiger partial charge is 0.466 e. The molecule has 0 bridgehead atoms. The Morgan fingerprint density at radius 1 is 1.23 bits per heavy atom. The van der Waals surface area contributed by atoms with Crippen LogP contribution in [0.2, 0.25) is 0 Å². The molecule has 0 fully saturated rings.